The number of piperidine rings is 1. The third-order valence-electron chi connectivity index (χ3n) is 2.68. The van der Waals surface area contributed by atoms with E-state index >= 15 is 0 Å². The van der Waals surface area contributed by atoms with Crippen molar-refractivity contribution in [2.75, 3.05) is 33.5 Å². The van der Waals surface area contributed by atoms with Gasteiger partial charge in [0.2, 0.25) is 0 Å². The molecule has 0 aromatic rings. The molecule has 1 saturated heterocycles. The van der Waals surface area contributed by atoms with E-state index in [1.165, 1.54) is 0 Å². The van der Waals surface area contributed by atoms with Crippen molar-refractivity contribution in [2.24, 2.45) is 0 Å². The molecule has 1 heterocycles. The molecule has 0 spiro atoms. The normalized spacial score (nSPS) is 21.2. The van der Waals surface area contributed by atoms with Crippen molar-refractivity contribution in [3.8, 4) is 0 Å². The Hall–Kier alpha value is -0.220. The van der Waals surface area contributed by atoms with Crippen LogP contribution in [0.5, 0.6) is 0 Å². The van der Waals surface area contributed by atoms with Crippen LogP contribution in [0, 0.1) is 0 Å². The van der Waals surface area contributed by atoms with E-state index < -0.39 is 19.4 Å². The molecule has 0 amide bonds. The Morgan fingerprint density at radius 1 is 1.31 bits per heavy atom. The highest BCUT2D eigenvalue weighted by molar-refractivity contribution is 4.77. The zero-order chi connectivity index (χ0) is 9.68. The number of likely N-dealkylation sites (tertiary alicyclic amines) is 1. The van der Waals surface area contributed by atoms with Gasteiger partial charge < -0.3 is 4.74 Å². The van der Waals surface area contributed by atoms with Crippen LogP contribution in [-0.2, 0) is 4.74 Å². The molecule has 1 aliphatic heterocycles. The SMILES string of the molecule is COC1CCN(C(CF)CF)CC1. The van der Waals surface area contributed by atoms with Crippen LogP contribution in [0.3, 0.4) is 0 Å². The van der Waals surface area contributed by atoms with Crippen LogP contribution < -0.4 is 0 Å². The monoisotopic (exact) mass is 193 g/mol. The first-order valence-electron chi connectivity index (χ1n) is 4.70. The molecule has 13 heavy (non-hydrogen) atoms. The molecule has 0 aromatic carbocycles. The number of ether oxygens (including phenoxy) is 1. The number of hydrogen-bond acceptors (Lipinski definition) is 2. The molecule has 1 aliphatic rings. The highest BCUT2D eigenvalue weighted by Crippen LogP contribution is 2.15. The van der Waals surface area contributed by atoms with Crippen molar-refractivity contribution < 1.29 is 13.5 Å². The maximum atomic E-state index is 12.3. The van der Waals surface area contributed by atoms with Crippen molar-refractivity contribution >= 4 is 0 Å². The summed E-state index contributed by atoms with van der Waals surface area (Å²) in [5.74, 6) is 0. The van der Waals surface area contributed by atoms with Gasteiger partial charge in [0, 0.05) is 20.2 Å². The van der Waals surface area contributed by atoms with Crippen LogP contribution in [0.4, 0.5) is 8.78 Å². The molecule has 0 N–H and O–H groups in total. The van der Waals surface area contributed by atoms with E-state index in [4.69, 9.17) is 4.74 Å². The van der Waals surface area contributed by atoms with Gasteiger partial charge in [-0.05, 0) is 12.8 Å². The molecule has 0 bridgehead atoms. The summed E-state index contributed by atoms with van der Waals surface area (Å²) in [6, 6.07) is -0.530. The minimum absolute atomic E-state index is 0.274. The summed E-state index contributed by atoms with van der Waals surface area (Å²) in [6.07, 6.45) is 2.04. The standard InChI is InChI=1S/C9H17F2NO/c1-13-9-2-4-12(5-3-9)8(6-10)7-11/h8-9H,2-7H2,1H3. The zero-order valence-electron chi connectivity index (χ0n) is 8.01. The Morgan fingerprint density at radius 3 is 2.23 bits per heavy atom. The molecule has 0 saturated carbocycles. The van der Waals surface area contributed by atoms with E-state index in [-0.39, 0.29) is 6.10 Å². The first-order chi connectivity index (χ1) is 6.31. The van der Waals surface area contributed by atoms with Crippen molar-refractivity contribution in [1.82, 2.24) is 4.90 Å². The summed E-state index contributed by atoms with van der Waals surface area (Å²) in [4.78, 5) is 1.87. The molecule has 0 atom stereocenters. The predicted molar refractivity (Wildman–Crippen MR) is 47.3 cm³/mol. The lowest BCUT2D eigenvalue weighted by Crippen LogP contribution is -2.45. The fraction of sp³-hybridized carbons (Fsp3) is 1.00. The minimum atomic E-state index is -0.589. The quantitative estimate of drug-likeness (QED) is 0.669. The minimum Gasteiger partial charge on any atom is -0.381 e. The van der Waals surface area contributed by atoms with E-state index in [0.717, 1.165) is 25.9 Å². The Morgan fingerprint density at radius 2 is 1.85 bits per heavy atom. The van der Waals surface area contributed by atoms with Gasteiger partial charge in [-0.15, -0.1) is 0 Å². The maximum Gasteiger partial charge on any atom is 0.107 e. The Labute approximate surface area is 77.9 Å². The van der Waals surface area contributed by atoms with Gasteiger partial charge in [-0.1, -0.05) is 0 Å². The van der Waals surface area contributed by atoms with E-state index in [1.54, 1.807) is 7.11 Å². The second kappa shape index (κ2) is 5.50. The van der Waals surface area contributed by atoms with Crippen molar-refractivity contribution in [2.45, 2.75) is 25.0 Å². The summed E-state index contributed by atoms with van der Waals surface area (Å²) < 4.78 is 29.8. The Kier molecular flexibility index (Phi) is 4.59. The molecule has 0 radical (unpaired) electrons. The Bertz CT molecular complexity index is 134. The zero-order valence-corrected chi connectivity index (χ0v) is 8.01. The predicted octanol–water partition coefficient (Wildman–Crippen LogP) is 1.40. The molecular formula is C9H17F2NO. The first-order valence-corrected chi connectivity index (χ1v) is 4.70. The number of rotatable bonds is 4. The topological polar surface area (TPSA) is 12.5 Å². The number of nitrogens with zero attached hydrogens (tertiary/aromatic N) is 1. The van der Waals surface area contributed by atoms with E-state index in [2.05, 4.69) is 0 Å². The van der Waals surface area contributed by atoms with Gasteiger partial charge in [0.1, 0.15) is 13.3 Å². The molecule has 0 unspecified atom stereocenters. The van der Waals surface area contributed by atoms with Crippen LogP contribution in [0.1, 0.15) is 12.8 Å². The maximum absolute atomic E-state index is 12.3. The first kappa shape index (κ1) is 10.9. The lowest BCUT2D eigenvalue weighted by atomic mass is 10.1. The summed E-state index contributed by atoms with van der Waals surface area (Å²) >= 11 is 0. The molecule has 1 rings (SSSR count). The van der Waals surface area contributed by atoms with Crippen LogP contribution in [-0.4, -0.2) is 50.6 Å². The molecule has 4 heteroatoms. The van der Waals surface area contributed by atoms with Gasteiger partial charge in [0.05, 0.1) is 12.1 Å². The number of methoxy groups -OCH3 is 1. The lowest BCUT2D eigenvalue weighted by Gasteiger charge is -2.34. The third kappa shape index (κ3) is 2.88. The largest absolute Gasteiger partial charge is 0.381 e. The Balaban J connectivity index is 2.30. The highest BCUT2D eigenvalue weighted by atomic mass is 19.1. The van der Waals surface area contributed by atoms with Gasteiger partial charge in [0.15, 0.2) is 0 Å². The second-order valence-corrected chi connectivity index (χ2v) is 3.43. The van der Waals surface area contributed by atoms with Crippen LogP contribution >= 0.6 is 0 Å². The lowest BCUT2D eigenvalue weighted by molar-refractivity contribution is 0.0186. The average Bonchev–Trinajstić information content (AvgIpc) is 2.21. The molecular weight excluding hydrogens is 176 g/mol. The molecule has 0 aliphatic carbocycles. The van der Waals surface area contributed by atoms with Crippen molar-refractivity contribution in [3.63, 3.8) is 0 Å². The molecule has 1 fully saturated rings. The molecule has 78 valence electrons. The fourth-order valence-electron chi connectivity index (χ4n) is 1.71. The number of alkyl halides is 2. The molecule has 0 aromatic heterocycles. The van der Waals surface area contributed by atoms with Gasteiger partial charge in [0.25, 0.3) is 0 Å². The molecule has 2 nitrogen and oxygen atoms in total. The smallest absolute Gasteiger partial charge is 0.107 e. The third-order valence-corrected chi connectivity index (χ3v) is 2.68. The highest BCUT2D eigenvalue weighted by Gasteiger charge is 2.24. The van der Waals surface area contributed by atoms with Gasteiger partial charge in [-0.25, -0.2) is 8.78 Å². The van der Waals surface area contributed by atoms with Gasteiger partial charge >= 0.3 is 0 Å². The van der Waals surface area contributed by atoms with Gasteiger partial charge in [-0.3, -0.25) is 4.90 Å². The average molecular weight is 193 g/mol. The summed E-state index contributed by atoms with van der Waals surface area (Å²) in [5.41, 5.74) is 0. The van der Waals surface area contributed by atoms with Crippen molar-refractivity contribution in [1.29, 1.82) is 0 Å². The summed E-state index contributed by atoms with van der Waals surface area (Å²) in [6.45, 7) is 0.316. The second-order valence-electron chi connectivity index (χ2n) is 3.43. The van der Waals surface area contributed by atoms with Crippen molar-refractivity contribution in [3.05, 3.63) is 0 Å². The summed E-state index contributed by atoms with van der Waals surface area (Å²) in [7, 11) is 1.68. The summed E-state index contributed by atoms with van der Waals surface area (Å²) in [5, 5.41) is 0. The fourth-order valence-corrected chi connectivity index (χ4v) is 1.71. The van der Waals surface area contributed by atoms with E-state index in [9.17, 15) is 8.78 Å². The van der Waals surface area contributed by atoms with Crippen LogP contribution in [0.2, 0.25) is 0 Å². The van der Waals surface area contributed by atoms with E-state index in [0.29, 0.717) is 0 Å². The number of hydrogen-bond donors (Lipinski definition) is 0. The van der Waals surface area contributed by atoms with E-state index in [1.807, 2.05) is 4.90 Å². The number of halogens is 2. The van der Waals surface area contributed by atoms with Crippen LogP contribution in [0.15, 0.2) is 0 Å². The van der Waals surface area contributed by atoms with Gasteiger partial charge in [-0.2, -0.15) is 0 Å². The van der Waals surface area contributed by atoms with Crippen LogP contribution in [0.25, 0.3) is 0 Å².